The molecule has 0 atom stereocenters. The second-order valence-electron chi connectivity index (χ2n) is 4.90. The van der Waals surface area contributed by atoms with Crippen molar-refractivity contribution >= 4 is 11.3 Å². The molecule has 0 radical (unpaired) electrons. The van der Waals surface area contributed by atoms with Crippen molar-refractivity contribution in [3.05, 3.63) is 16.2 Å². The highest BCUT2D eigenvalue weighted by Crippen LogP contribution is 2.34. The van der Waals surface area contributed by atoms with E-state index < -0.39 is 5.60 Å². The quantitative estimate of drug-likeness (QED) is 0.890. The molecule has 2 N–H and O–H groups in total. The van der Waals surface area contributed by atoms with Gasteiger partial charge in [-0.3, -0.25) is 0 Å². The van der Waals surface area contributed by atoms with Gasteiger partial charge in [-0.25, -0.2) is 4.98 Å². The Bertz CT molecular complexity index is 592. The highest BCUT2D eigenvalue weighted by Gasteiger charge is 2.39. The average Bonchev–Trinajstić information content (AvgIpc) is 3.17. The summed E-state index contributed by atoms with van der Waals surface area (Å²) in [6.07, 6.45) is 2.20. The van der Waals surface area contributed by atoms with Gasteiger partial charge in [-0.05, 0) is 6.54 Å². The van der Waals surface area contributed by atoms with E-state index in [2.05, 4.69) is 15.1 Å². The van der Waals surface area contributed by atoms with Gasteiger partial charge in [0.15, 0.2) is 0 Å². The summed E-state index contributed by atoms with van der Waals surface area (Å²) in [5, 5.41) is 6.97. The fraction of sp³-hybridized carbons (Fsp3) is 0.615. The first-order valence-corrected chi connectivity index (χ1v) is 7.77. The van der Waals surface area contributed by atoms with E-state index in [9.17, 15) is 0 Å². The molecule has 0 unspecified atom stereocenters. The molecule has 2 aromatic heterocycles. The van der Waals surface area contributed by atoms with Gasteiger partial charge >= 0.3 is 0 Å². The molecule has 3 rings (SSSR count). The molecule has 0 aromatic carbocycles. The molecule has 2 aromatic rings. The van der Waals surface area contributed by atoms with E-state index in [1.807, 2.05) is 5.38 Å². The lowest BCUT2D eigenvalue weighted by atomic mass is 9.93. The van der Waals surface area contributed by atoms with Crippen LogP contribution in [0.15, 0.2) is 9.90 Å². The first-order chi connectivity index (χ1) is 10.3. The molecule has 114 valence electrons. The van der Waals surface area contributed by atoms with Gasteiger partial charge in [-0.2, -0.15) is 4.98 Å². The maximum absolute atomic E-state index is 5.66. The highest BCUT2D eigenvalue weighted by atomic mass is 32.1. The molecular weight excluding hydrogens is 292 g/mol. The predicted octanol–water partition coefficient (Wildman–Crippen LogP) is 1.35. The topological polar surface area (TPSA) is 96.3 Å². The summed E-state index contributed by atoms with van der Waals surface area (Å²) in [6.45, 7) is 1.85. The Morgan fingerprint density at radius 3 is 2.90 bits per heavy atom. The van der Waals surface area contributed by atoms with Gasteiger partial charge in [0, 0.05) is 45.0 Å². The van der Waals surface area contributed by atoms with Gasteiger partial charge in [0.25, 0.3) is 5.89 Å². The molecule has 3 heterocycles. The van der Waals surface area contributed by atoms with Crippen molar-refractivity contribution in [2.45, 2.75) is 24.9 Å². The number of methoxy groups -OCH3 is 1. The van der Waals surface area contributed by atoms with E-state index in [1.165, 1.54) is 0 Å². The summed E-state index contributed by atoms with van der Waals surface area (Å²) in [7, 11) is 1.67. The molecule has 1 saturated heterocycles. The summed E-state index contributed by atoms with van der Waals surface area (Å²) in [4.78, 5) is 8.93. The number of thiazole rings is 1. The molecule has 0 spiro atoms. The van der Waals surface area contributed by atoms with Crippen LogP contribution in [-0.4, -0.2) is 42.0 Å². The van der Waals surface area contributed by atoms with Crippen LogP contribution in [0.5, 0.6) is 0 Å². The minimum absolute atomic E-state index is 0.424. The zero-order valence-electron chi connectivity index (χ0n) is 11.9. The Hall–Kier alpha value is -1.35. The van der Waals surface area contributed by atoms with Crippen LogP contribution in [0.25, 0.3) is 11.6 Å². The normalized spacial score (nSPS) is 18.0. The Morgan fingerprint density at radius 2 is 2.19 bits per heavy atom. The zero-order chi connectivity index (χ0) is 14.7. The molecule has 1 aliphatic heterocycles. The van der Waals surface area contributed by atoms with E-state index in [0.29, 0.717) is 37.2 Å². The van der Waals surface area contributed by atoms with Crippen LogP contribution in [0.3, 0.4) is 0 Å². The fourth-order valence-corrected chi connectivity index (χ4v) is 3.17. The van der Waals surface area contributed by atoms with Crippen molar-refractivity contribution in [2.24, 2.45) is 5.73 Å². The lowest BCUT2D eigenvalue weighted by molar-refractivity contribution is -0.101. The second kappa shape index (κ2) is 6.18. The minimum Gasteiger partial charge on any atom is -0.381 e. The molecule has 8 heteroatoms. The first-order valence-electron chi connectivity index (χ1n) is 6.89. The third-order valence-corrected chi connectivity index (χ3v) is 4.56. The van der Waals surface area contributed by atoms with Gasteiger partial charge in [0.05, 0.1) is 5.01 Å². The molecule has 21 heavy (non-hydrogen) atoms. The molecule has 0 aliphatic carbocycles. The molecule has 7 nitrogen and oxygen atoms in total. The molecular formula is C13H18N4O3S. The molecule has 0 amide bonds. The van der Waals surface area contributed by atoms with E-state index in [0.717, 1.165) is 24.3 Å². The monoisotopic (exact) mass is 310 g/mol. The van der Waals surface area contributed by atoms with Crippen molar-refractivity contribution in [3.63, 3.8) is 0 Å². The summed E-state index contributed by atoms with van der Waals surface area (Å²) >= 11 is 1.55. The van der Waals surface area contributed by atoms with Gasteiger partial charge in [-0.15, -0.1) is 11.3 Å². The van der Waals surface area contributed by atoms with Crippen LogP contribution in [-0.2, 0) is 21.5 Å². The van der Waals surface area contributed by atoms with Gasteiger partial charge in [0.1, 0.15) is 11.3 Å². The maximum atomic E-state index is 5.66. The Labute approximate surface area is 126 Å². The minimum atomic E-state index is -0.518. The number of rotatable bonds is 5. The number of hydrogen-bond donors (Lipinski definition) is 1. The van der Waals surface area contributed by atoms with Crippen molar-refractivity contribution < 1.29 is 14.0 Å². The van der Waals surface area contributed by atoms with Crippen LogP contribution in [0, 0.1) is 0 Å². The van der Waals surface area contributed by atoms with Gasteiger partial charge < -0.3 is 19.7 Å². The van der Waals surface area contributed by atoms with Crippen LogP contribution >= 0.6 is 11.3 Å². The number of hydrogen-bond acceptors (Lipinski definition) is 8. The first kappa shape index (κ1) is 14.6. The Morgan fingerprint density at radius 1 is 1.38 bits per heavy atom. The van der Waals surface area contributed by atoms with Crippen molar-refractivity contribution in [1.82, 2.24) is 15.1 Å². The highest BCUT2D eigenvalue weighted by molar-refractivity contribution is 7.09. The average molecular weight is 310 g/mol. The standard InChI is InChI=1S/C13H18N4O3S/c1-18-13(3-6-19-7-4-13)12-16-11(20-17-12)9-8-21-10(15-9)2-5-14/h8H,2-7,14H2,1H3. The largest absolute Gasteiger partial charge is 0.381 e. The molecule has 0 saturated carbocycles. The summed E-state index contributed by atoms with van der Waals surface area (Å²) in [6, 6.07) is 0. The fourth-order valence-electron chi connectivity index (χ4n) is 2.38. The Kier molecular flexibility index (Phi) is 4.29. The van der Waals surface area contributed by atoms with Gasteiger partial charge in [-0.1, -0.05) is 5.16 Å². The lowest BCUT2D eigenvalue weighted by Crippen LogP contribution is -2.36. The van der Waals surface area contributed by atoms with Crippen molar-refractivity contribution in [3.8, 4) is 11.6 Å². The zero-order valence-corrected chi connectivity index (χ0v) is 12.7. The van der Waals surface area contributed by atoms with Crippen LogP contribution < -0.4 is 5.73 Å². The number of aromatic nitrogens is 3. The summed E-state index contributed by atoms with van der Waals surface area (Å²) in [5.41, 5.74) is 5.71. The van der Waals surface area contributed by atoms with E-state index >= 15 is 0 Å². The molecule has 0 bridgehead atoms. The second-order valence-corrected chi connectivity index (χ2v) is 5.84. The lowest BCUT2D eigenvalue weighted by Gasteiger charge is -2.32. The van der Waals surface area contributed by atoms with Crippen molar-refractivity contribution in [1.29, 1.82) is 0 Å². The Balaban J connectivity index is 1.84. The van der Waals surface area contributed by atoms with E-state index in [1.54, 1.807) is 18.4 Å². The molecule has 1 fully saturated rings. The van der Waals surface area contributed by atoms with E-state index in [4.69, 9.17) is 19.7 Å². The molecule has 1 aliphatic rings. The van der Waals surface area contributed by atoms with Crippen LogP contribution in [0.1, 0.15) is 23.7 Å². The number of nitrogens with two attached hydrogens (primary N) is 1. The maximum Gasteiger partial charge on any atom is 0.277 e. The van der Waals surface area contributed by atoms with Crippen LogP contribution in [0.4, 0.5) is 0 Å². The number of ether oxygens (including phenoxy) is 2. The summed E-state index contributed by atoms with van der Waals surface area (Å²) in [5.74, 6) is 0.990. The summed E-state index contributed by atoms with van der Waals surface area (Å²) < 4.78 is 16.4. The van der Waals surface area contributed by atoms with Crippen LogP contribution in [0.2, 0.25) is 0 Å². The van der Waals surface area contributed by atoms with Gasteiger partial charge in [0.2, 0.25) is 5.82 Å². The smallest absolute Gasteiger partial charge is 0.277 e. The van der Waals surface area contributed by atoms with E-state index in [-0.39, 0.29) is 0 Å². The van der Waals surface area contributed by atoms with Crippen molar-refractivity contribution in [2.75, 3.05) is 26.9 Å². The third kappa shape index (κ3) is 2.84. The predicted molar refractivity (Wildman–Crippen MR) is 76.9 cm³/mol. The third-order valence-electron chi connectivity index (χ3n) is 3.65. The number of nitrogens with zero attached hydrogens (tertiary/aromatic N) is 3. The SMILES string of the molecule is COC1(c2noc(-c3csc(CCN)n3)n2)CCOCC1.